The third-order valence-corrected chi connectivity index (χ3v) is 6.11. The average Bonchev–Trinajstić information content (AvgIpc) is 3.47. The molecule has 2 amide bonds. The van der Waals surface area contributed by atoms with E-state index in [0.717, 1.165) is 10.4 Å². The summed E-state index contributed by atoms with van der Waals surface area (Å²) in [7, 11) is 0. The Bertz CT molecular complexity index is 1080. The minimum Gasteiger partial charge on any atom is -0.454 e. The van der Waals surface area contributed by atoms with E-state index in [1.54, 1.807) is 34.4 Å². The van der Waals surface area contributed by atoms with Crippen molar-refractivity contribution in [1.82, 2.24) is 4.90 Å². The summed E-state index contributed by atoms with van der Waals surface area (Å²) in [4.78, 5) is 28.6. The van der Waals surface area contributed by atoms with Gasteiger partial charge in [-0.25, -0.2) is 0 Å². The number of anilines is 1. The van der Waals surface area contributed by atoms with Gasteiger partial charge in [0.25, 0.3) is 5.91 Å². The number of carbonyl (C=O) groups excluding carboxylic acids is 2. The summed E-state index contributed by atoms with van der Waals surface area (Å²) in [6.45, 7) is 0.694. The van der Waals surface area contributed by atoms with Crippen LogP contribution in [-0.4, -0.2) is 23.5 Å². The van der Waals surface area contributed by atoms with Gasteiger partial charge in [0.15, 0.2) is 11.5 Å². The Balaban J connectivity index is 1.36. The summed E-state index contributed by atoms with van der Waals surface area (Å²) < 4.78 is 10.7. The van der Waals surface area contributed by atoms with Crippen LogP contribution in [-0.2, 0) is 11.3 Å². The van der Waals surface area contributed by atoms with Crippen molar-refractivity contribution < 1.29 is 19.1 Å². The fourth-order valence-corrected chi connectivity index (χ4v) is 4.57. The number of hydrogen-bond donors (Lipinski definition) is 1. The maximum absolute atomic E-state index is 13.0. The summed E-state index contributed by atoms with van der Waals surface area (Å²) in [6, 6.07) is 16.5. The third-order valence-electron chi connectivity index (χ3n) is 5.13. The van der Waals surface area contributed by atoms with Crippen LogP contribution in [0, 0.1) is 0 Å². The van der Waals surface area contributed by atoms with Gasteiger partial charge in [-0.3, -0.25) is 9.59 Å². The molecular weight excluding hydrogens is 388 g/mol. The summed E-state index contributed by atoms with van der Waals surface area (Å²) >= 11 is 1.55. The number of fused-ring (bicyclic) bond motifs is 2. The molecule has 2 aromatic carbocycles. The van der Waals surface area contributed by atoms with Gasteiger partial charge in [0.05, 0.1) is 12.5 Å². The van der Waals surface area contributed by atoms with Crippen molar-refractivity contribution in [3.05, 3.63) is 76.0 Å². The number of amides is 2. The number of nitrogens with one attached hydrogen (secondary N) is 1. The van der Waals surface area contributed by atoms with Crippen LogP contribution in [0.15, 0.2) is 60.0 Å². The molecular formula is C22H18N2O4S. The van der Waals surface area contributed by atoms with E-state index in [1.807, 2.05) is 41.8 Å². The Kier molecular flexibility index (Phi) is 4.44. The van der Waals surface area contributed by atoms with E-state index < -0.39 is 0 Å². The van der Waals surface area contributed by atoms with Crippen molar-refractivity contribution in [3.8, 4) is 11.5 Å². The highest BCUT2D eigenvalue weighted by molar-refractivity contribution is 7.10. The molecule has 2 aliphatic heterocycles. The lowest BCUT2D eigenvalue weighted by Crippen LogP contribution is -2.31. The van der Waals surface area contributed by atoms with E-state index in [-0.39, 0.29) is 31.1 Å². The first-order valence-electron chi connectivity index (χ1n) is 9.31. The quantitative estimate of drug-likeness (QED) is 0.690. The highest BCUT2D eigenvalue weighted by Gasteiger charge is 2.34. The molecule has 6 nitrogen and oxygen atoms in total. The molecule has 0 saturated carbocycles. The van der Waals surface area contributed by atoms with E-state index in [1.165, 1.54) is 0 Å². The largest absolute Gasteiger partial charge is 0.454 e. The smallest absolute Gasteiger partial charge is 0.255 e. The minimum atomic E-state index is -0.316. The van der Waals surface area contributed by atoms with Gasteiger partial charge in [0.2, 0.25) is 12.7 Å². The second-order valence-electron chi connectivity index (χ2n) is 6.94. The zero-order valence-corrected chi connectivity index (χ0v) is 16.3. The molecule has 7 heteroatoms. The van der Waals surface area contributed by atoms with Crippen molar-refractivity contribution in [2.45, 2.75) is 19.0 Å². The highest BCUT2D eigenvalue weighted by Crippen LogP contribution is 2.37. The monoisotopic (exact) mass is 406 g/mol. The molecule has 2 aliphatic rings. The van der Waals surface area contributed by atoms with Gasteiger partial charge < -0.3 is 19.7 Å². The molecule has 1 unspecified atom stereocenters. The van der Waals surface area contributed by atoms with Crippen molar-refractivity contribution in [1.29, 1.82) is 0 Å². The second-order valence-corrected chi connectivity index (χ2v) is 7.92. The van der Waals surface area contributed by atoms with Crippen molar-refractivity contribution >= 4 is 28.8 Å². The van der Waals surface area contributed by atoms with Crippen LogP contribution in [0.2, 0.25) is 0 Å². The minimum absolute atomic E-state index is 0.0325. The van der Waals surface area contributed by atoms with Crippen molar-refractivity contribution in [2.75, 3.05) is 12.1 Å². The van der Waals surface area contributed by atoms with Gasteiger partial charge in [-0.15, -0.1) is 11.3 Å². The maximum Gasteiger partial charge on any atom is 0.255 e. The standard InChI is InChI=1S/C22H18N2O4S/c25-21(23-15-7-8-18-19(10-15)28-13-27-18)11-17(20-6-3-9-29-20)24-12-14-4-1-2-5-16(14)22(24)26/h1-10,17H,11-13H2,(H,23,25). The molecule has 3 heterocycles. The van der Waals surface area contributed by atoms with E-state index in [2.05, 4.69) is 5.32 Å². The number of benzene rings is 2. The van der Waals surface area contributed by atoms with Crippen LogP contribution in [0.1, 0.15) is 33.3 Å². The first kappa shape index (κ1) is 17.8. The van der Waals surface area contributed by atoms with E-state index in [0.29, 0.717) is 29.3 Å². The number of nitrogens with zero attached hydrogens (tertiary/aromatic N) is 1. The van der Waals surface area contributed by atoms with Gasteiger partial charge >= 0.3 is 0 Å². The van der Waals surface area contributed by atoms with Gasteiger partial charge in [-0.05, 0) is 35.2 Å². The SMILES string of the molecule is O=C(CC(c1cccs1)N1Cc2ccccc2C1=O)Nc1ccc2c(c1)OCO2. The number of thiophene rings is 1. The lowest BCUT2D eigenvalue weighted by molar-refractivity contribution is -0.117. The molecule has 3 aromatic rings. The predicted octanol–water partition coefficient (Wildman–Crippen LogP) is 4.20. The topological polar surface area (TPSA) is 67.9 Å². The van der Waals surface area contributed by atoms with Crippen molar-refractivity contribution in [3.63, 3.8) is 0 Å². The molecule has 5 rings (SSSR count). The van der Waals surface area contributed by atoms with Crippen LogP contribution < -0.4 is 14.8 Å². The zero-order chi connectivity index (χ0) is 19.8. The Morgan fingerprint density at radius 2 is 1.97 bits per heavy atom. The predicted molar refractivity (Wildman–Crippen MR) is 109 cm³/mol. The molecule has 0 fully saturated rings. The Labute approximate surface area is 171 Å². The van der Waals surface area contributed by atoms with Crippen LogP contribution in [0.5, 0.6) is 11.5 Å². The van der Waals surface area contributed by atoms with E-state index in [9.17, 15) is 9.59 Å². The number of ether oxygens (including phenoxy) is 2. The molecule has 1 aromatic heterocycles. The van der Waals surface area contributed by atoms with Crippen LogP contribution in [0.4, 0.5) is 5.69 Å². The number of rotatable bonds is 5. The van der Waals surface area contributed by atoms with Gasteiger partial charge in [-0.2, -0.15) is 0 Å². The van der Waals surface area contributed by atoms with Gasteiger partial charge in [-0.1, -0.05) is 24.3 Å². The molecule has 0 spiro atoms. The van der Waals surface area contributed by atoms with E-state index in [4.69, 9.17) is 9.47 Å². The Hall–Kier alpha value is -3.32. The molecule has 29 heavy (non-hydrogen) atoms. The summed E-state index contributed by atoms with van der Waals surface area (Å²) in [5, 5.41) is 4.88. The van der Waals surface area contributed by atoms with Gasteiger partial charge in [0.1, 0.15) is 0 Å². The molecule has 1 N–H and O–H groups in total. The van der Waals surface area contributed by atoms with Crippen LogP contribution in [0.25, 0.3) is 0 Å². The molecule has 0 aliphatic carbocycles. The van der Waals surface area contributed by atoms with Gasteiger partial charge in [0, 0.05) is 28.7 Å². The molecule has 146 valence electrons. The average molecular weight is 406 g/mol. The zero-order valence-electron chi connectivity index (χ0n) is 15.5. The normalized spacial score (nSPS) is 15.3. The fraction of sp³-hybridized carbons (Fsp3) is 0.182. The van der Waals surface area contributed by atoms with Crippen LogP contribution >= 0.6 is 11.3 Å². The molecule has 0 bridgehead atoms. The Morgan fingerprint density at radius 3 is 2.79 bits per heavy atom. The van der Waals surface area contributed by atoms with Crippen LogP contribution in [0.3, 0.4) is 0 Å². The number of carbonyl (C=O) groups is 2. The first-order valence-corrected chi connectivity index (χ1v) is 10.2. The maximum atomic E-state index is 13.0. The summed E-state index contributed by atoms with van der Waals surface area (Å²) in [6.07, 6.45) is 0.175. The molecule has 0 radical (unpaired) electrons. The Morgan fingerprint density at radius 1 is 1.10 bits per heavy atom. The third kappa shape index (κ3) is 3.34. The second kappa shape index (κ2) is 7.25. The molecule has 1 atom stereocenters. The highest BCUT2D eigenvalue weighted by atomic mass is 32.1. The summed E-state index contributed by atoms with van der Waals surface area (Å²) in [5.74, 6) is 1.09. The lowest BCUT2D eigenvalue weighted by atomic mass is 10.1. The van der Waals surface area contributed by atoms with E-state index >= 15 is 0 Å². The number of hydrogen-bond acceptors (Lipinski definition) is 5. The summed E-state index contributed by atoms with van der Waals surface area (Å²) in [5.41, 5.74) is 2.35. The fourth-order valence-electron chi connectivity index (χ4n) is 3.74. The lowest BCUT2D eigenvalue weighted by Gasteiger charge is -2.26. The molecule has 0 saturated heterocycles. The first-order chi connectivity index (χ1) is 14.2. The van der Waals surface area contributed by atoms with Crippen molar-refractivity contribution in [2.24, 2.45) is 0 Å².